The van der Waals surface area contributed by atoms with Crippen molar-refractivity contribution < 1.29 is 18.0 Å². The third kappa shape index (κ3) is 6.78. The first-order valence-electron chi connectivity index (χ1n) is 11.6. The maximum absolute atomic E-state index is 13.6. The zero-order valence-electron chi connectivity index (χ0n) is 20.2. The lowest BCUT2D eigenvalue weighted by atomic mass is 10.0. The summed E-state index contributed by atoms with van der Waals surface area (Å²) in [5, 5.41) is 4.39. The first kappa shape index (κ1) is 28.4. The van der Waals surface area contributed by atoms with Crippen molar-refractivity contribution in [3.05, 3.63) is 69.3 Å². The molecule has 2 unspecified atom stereocenters. The number of amides is 1. The molecule has 0 bridgehead atoms. The van der Waals surface area contributed by atoms with E-state index < -0.39 is 11.9 Å². The number of alkyl halides is 3. The Balaban J connectivity index is 1.81. The number of carbonyl (C=O) groups excluding carboxylic acids is 1. The maximum atomic E-state index is 13.6. The van der Waals surface area contributed by atoms with Crippen molar-refractivity contribution in [2.75, 3.05) is 4.31 Å². The van der Waals surface area contributed by atoms with Crippen LogP contribution in [0.25, 0.3) is 10.9 Å². The Morgan fingerprint density at radius 1 is 1.14 bits per heavy atom. The molecule has 1 aromatic heterocycles. The third-order valence-electron chi connectivity index (χ3n) is 6.08. The van der Waals surface area contributed by atoms with Crippen LogP contribution in [-0.4, -0.2) is 23.0 Å². The summed E-state index contributed by atoms with van der Waals surface area (Å²) in [5.41, 5.74) is 0.714. The van der Waals surface area contributed by atoms with Gasteiger partial charge in [-0.15, -0.1) is 0 Å². The van der Waals surface area contributed by atoms with Gasteiger partial charge >= 0.3 is 6.18 Å². The SMILES string of the molecule is CCCC(CCC(C)NC(=O)c1cccc(Cl)c1C)N(S)c1cc(C(F)(F)F)nc2ccc(Cl)cc12. The maximum Gasteiger partial charge on any atom is 0.433 e. The van der Waals surface area contributed by atoms with Crippen LogP contribution < -0.4 is 9.62 Å². The van der Waals surface area contributed by atoms with Crippen molar-refractivity contribution in [2.45, 2.75) is 64.7 Å². The molecule has 1 heterocycles. The van der Waals surface area contributed by atoms with Crippen molar-refractivity contribution in [1.29, 1.82) is 0 Å². The van der Waals surface area contributed by atoms with Gasteiger partial charge in [0.15, 0.2) is 0 Å². The molecule has 1 N–H and O–H groups in total. The van der Waals surface area contributed by atoms with Gasteiger partial charge in [-0.3, -0.25) is 4.79 Å². The predicted molar refractivity (Wildman–Crippen MR) is 144 cm³/mol. The topological polar surface area (TPSA) is 45.2 Å². The van der Waals surface area contributed by atoms with Crippen LogP contribution >= 0.6 is 36.0 Å². The molecule has 0 aliphatic rings. The second-order valence-electron chi connectivity index (χ2n) is 8.84. The molecule has 0 saturated carbocycles. The Bertz CT molecular complexity index is 1240. The molecule has 0 aliphatic carbocycles. The molecule has 0 saturated heterocycles. The highest BCUT2D eigenvalue weighted by Crippen LogP contribution is 2.38. The van der Waals surface area contributed by atoms with Gasteiger partial charge in [0.05, 0.1) is 11.2 Å². The molecule has 10 heteroatoms. The van der Waals surface area contributed by atoms with E-state index in [2.05, 4.69) is 23.1 Å². The number of rotatable bonds is 9. The molecule has 36 heavy (non-hydrogen) atoms. The average Bonchev–Trinajstić information content (AvgIpc) is 2.81. The molecule has 2 atom stereocenters. The van der Waals surface area contributed by atoms with Gasteiger partial charge in [0.2, 0.25) is 0 Å². The molecule has 4 nitrogen and oxygen atoms in total. The third-order valence-corrected chi connectivity index (χ3v) is 7.26. The van der Waals surface area contributed by atoms with Gasteiger partial charge in [0, 0.05) is 33.1 Å². The number of anilines is 1. The van der Waals surface area contributed by atoms with Crippen LogP contribution in [0.3, 0.4) is 0 Å². The van der Waals surface area contributed by atoms with E-state index in [-0.39, 0.29) is 23.5 Å². The Kier molecular flexibility index (Phi) is 9.41. The zero-order valence-corrected chi connectivity index (χ0v) is 22.6. The fourth-order valence-corrected chi connectivity index (χ4v) is 4.85. The normalized spacial score (nSPS) is 13.5. The average molecular weight is 558 g/mol. The fraction of sp³-hybridized carbons (Fsp3) is 0.385. The number of fused-ring (bicyclic) bond motifs is 1. The van der Waals surface area contributed by atoms with Crippen molar-refractivity contribution in [1.82, 2.24) is 10.3 Å². The molecular weight excluding hydrogens is 530 g/mol. The first-order chi connectivity index (χ1) is 16.9. The van der Waals surface area contributed by atoms with Crippen LogP contribution in [0.4, 0.5) is 18.9 Å². The number of nitrogens with one attached hydrogen (secondary N) is 1. The molecular formula is C26H28Cl2F3N3OS. The number of hydrogen-bond acceptors (Lipinski definition) is 4. The number of thiol groups is 1. The summed E-state index contributed by atoms with van der Waals surface area (Å²) in [4.78, 5) is 16.5. The highest BCUT2D eigenvalue weighted by molar-refractivity contribution is 7.81. The Hall–Kier alpha value is -2.16. The van der Waals surface area contributed by atoms with Gasteiger partial charge in [-0.05, 0) is 75.1 Å². The van der Waals surface area contributed by atoms with Crippen LogP contribution in [0.5, 0.6) is 0 Å². The highest BCUT2D eigenvalue weighted by atomic mass is 35.5. The monoisotopic (exact) mass is 557 g/mol. The van der Waals surface area contributed by atoms with Gasteiger partial charge in [0.1, 0.15) is 5.69 Å². The lowest BCUT2D eigenvalue weighted by molar-refractivity contribution is -0.140. The van der Waals surface area contributed by atoms with E-state index in [1.54, 1.807) is 35.5 Å². The van der Waals surface area contributed by atoms with Gasteiger partial charge in [-0.25, -0.2) is 4.98 Å². The second-order valence-corrected chi connectivity index (χ2v) is 10.1. The van der Waals surface area contributed by atoms with Crippen molar-refractivity contribution in [2.24, 2.45) is 0 Å². The molecule has 0 aliphatic heterocycles. The molecule has 2 aromatic carbocycles. The fourth-order valence-electron chi connectivity index (χ4n) is 4.10. The van der Waals surface area contributed by atoms with Gasteiger partial charge in [-0.1, -0.05) is 55.4 Å². The lowest BCUT2D eigenvalue weighted by Gasteiger charge is -2.31. The zero-order chi connectivity index (χ0) is 26.6. The highest BCUT2D eigenvalue weighted by Gasteiger charge is 2.34. The van der Waals surface area contributed by atoms with Gasteiger partial charge < -0.3 is 9.62 Å². The van der Waals surface area contributed by atoms with E-state index >= 15 is 0 Å². The number of aromatic nitrogens is 1. The number of benzene rings is 2. The van der Waals surface area contributed by atoms with E-state index in [4.69, 9.17) is 23.2 Å². The van der Waals surface area contributed by atoms with E-state index in [1.807, 2.05) is 13.8 Å². The minimum absolute atomic E-state index is 0.175. The number of carbonyl (C=O) groups is 1. The lowest BCUT2D eigenvalue weighted by Crippen LogP contribution is -2.35. The molecule has 0 radical (unpaired) electrons. The molecule has 0 spiro atoms. The number of pyridine rings is 1. The Morgan fingerprint density at radius 2 is 1.86 bits per heavy atom. The van der Waals surface area contributed by atoms with Gasteiger partial charge in [-0.2, -0.15) is 13.2 Å². The largest absolute Gasteiger partial charge is 0.433 e. The van der Waals surface area contributed by atoms with Crippen LogP contribution in [0.15, 0.2) is 42.5 Å². The molecule has 194 valence electrons. The van der Waals surface area contributed by atoms with Gasteiger partial charge in [0.25, 0.3) is 5.91 Å². The summed E-state index contributed by atoms with van der Waals surface area (Å²) < 4.78 is 42.3. The molecule has 1 amide bonds. The summed E-state index contributed by atoms with van der Waals surface area (Å²) in [6, 6.07) is 10.4. The predicted octanol–water partition coefficient (Wildman–Crippen LogP) is 8.29. The van der Waals surface area contributed by atoms with Crippen molar-refractivity contribution in [3.63, 3.8) is 0 Å². The smallest absolute Gasteiger partial charge is 0.350 e. The standard InChI is InChI=1S/C26H28Cl2F3N3OS/c1-4-6-18(11-9-15(2)32-25(35)19-7-5-8-21(28)16(19)3)34(36)23-14-24(26(29,30)31)33-22-12-10-17(27)13-20(22)23/h5,7-8,10,12-15,18,36H,4,6,9,11H2,1-3H3,(H,32,35). The number of nitrogens with zero attached hydrogens (tertiary/aromatic N) is 2. The first-order valence-corrected chi connectivity index (χ1v) is 12.8. The summed E-state index contributed by atoms with van der Waals surface area (Å²) in [5.74, 6) is -0.221. The van der Waals surface area contributed by atoms with Crippen LogP contribution in [0, 0.1) is 6.92 Å². The molecule has 3 aromatic rings. The number of hydrogen-bond donors (Lipinski definition) is 2. The minimum Gasteiger partial charge on any atom is -0.350 e. The second kappa shape index (κ2) is 11.9. The van der Waals surface area contributed by atoms with E-state index in [9.17, 15) is 18.0 Å². The van der Waals surface area contributed by atoms with Crippen LogP contribution in [0.2, 0.25) is 10.0 Å². The van der Waals surface area contributed by atoms with Crippen LogP contribution in [-0.2, 0) is 6.18 Å². The summed E-state index contributed by atoms with van der Waals surface area (Å²) >= 11 is 16.9. The van der Waals surface area contributed by atoms with E-state index in [0.29, 0.717) is 51.5 Å². The Morgan fingerprint density at radius 3 is 2.53 bits per heavy atom. The van der Waals surface area contributed by atoms with Crippen molar-refractivity contribution in [3.8, 4) is 0 Å². The quantitative estimate of drug-likeness (QED) is 0.260. The number of halogens is 5. The van der Waals surface area contributed by atoms with E-state index in [0.717, 1.165) is 12.5 Å². The summed E-state index contributed by atoms with van der Waals surface area (Å²) in [6.45, 7) is 5.69. The molecule has 0 fully saturated rings. The van der Waals surface area contributed by atoms with Crippen molar-refractivity contribution >= 4 is 58.5 Å². The minimum atomic E-state index is -4.60. The summed E-state index contributed by atoms with van der Waals surface area (Å²) in [7, 11) is 0. The molecule has 3 rings (SSSR count). The van der Waals surface area contributed by atoms with E-state index in [1.165, 1.54) is 12.1 Å². The summed E-state index contributed by atoms with van der Waals surface area (Å²) in [6.07, 6.45) is -1.90. The Labute approximate surface area is 224 Å². The van der Waals surface area contributed by atoms with Crippen LogP contribution in [0.1, 0.15) is 61.1 Å².